The number of nitrogens with one attached hydrogen (secondary N) is 1. The molecule has 0 bridgehead atoms. The average molecular weight is 490 g/mol. The molecule has 2 aromatic rings. The fourth-order valence-corrected chi connectivity index (χ4v) is 2.95. The molecule has 0 aromatic heterocycles. The lowest BCUT2D eigenvalue weighted by atomic mass is 9.99. The monoisotopic (exact) mass is 489 g/mol. The van der Waals surface area contributed by atoms with Gasteiger partial charge < -0.3 is 10.4 Å². The number of aliphatic hydroxyl groups excluding tert-OH is 1. The molecule has 0 aliphatic rings. The Labute approximate surface area is 167 Å². The van der Waals surface area contributed by atoms with Crippen LogP contribution >= 0.6 is 47.4 Å². The summed E-state index contributed by atoms with van der Waals surface area (Å²) in [5.41, 5.74) is 1.47. The maximum atomic E-state index is 13.4. The van der Waals surface area contributed by atoms with Gasteiger partial charge in [-0.15, -0.1) is 24.8 Å². The number of rotatable bonds is 6. The Bertz CT molecular complexity index is 625. The Morgan fingerprint density at radius 3 is 2.25 bits per heavy atom. The van der Waals surface area contributed by atoms with E-state index < -0.39 is 23.8 Å². The largest absolute Gasteiger partial charge is 0.391 e. The van der Waals surface area contributed by atoms with Crippen LogP contribution in [-0.4, -0.2) is 11.2 Å². The topological polar surface area (TPSA) is 32.3 Å². The van der Waals surface area contributed by atoms with Gasteiger partial charge in [0.15, 0.2) is 0 Å². The normalized spacial score (nSPS) is 12.7. The molecule has 0 aliphatic heterocycles. The molecule has 7 heteroatoms. The van der Waals surface area contributed by atoms with E-state index >= 15 is 0 Å². The van der Waals surface area contributed by atoms with E-state index in [1.54, 1.807) is 0 Å². The number of hydrogen-bond acceptors (Lipinski definition) is 2. The minimum atomic E-state index is -0.719. The van der Waals surface area contributed by atoms with Crippen molar-refractivity contribution in [1.29, 1.82) is 0 Å². The van der Waals surface area contributed by atoms with Crippen molar-refractivity contribution < 1.29 is 13.9 Å². The summed E-state index contributed by atoms with van der Waals surface area (Å²) < 4.78 is 28.0. The van der Waals surface area contributed by atoms with E-state index in [4.69, 9.17) is 0 Å². The molecule has 0 spiro atoms. The fraction of sp³-hybridized carbons (Fsp3) is 0.294. The predicted molar refractivity (Wildman–Crippen MR) is 106 cm³/mol. The van der Waals surface area contributed by atoms with Gasteiger partial charge in [0, 0.05) is 16.2 Å². The SMILES string of the molecule is CCC(O)C(NCc1cccc(I)c1)c1cc(F)cc(F)c1.Cl.Cl. The first-order valence-electron chi connectivity index (χ1n) is 7.11. The van der Waals surface area contributed by atoms with Crippen molar-refractivity contribution in [2.75, 3.05) is 0 Å². The summed E-state index contributed by atoms with van der Waals surface area (Å²) >= 11 is 2.23. The summed E-state index contributed by atoms with van der Waals surface area (Å²) in [6.45, 7) is 2.34. The highest BCUT2D eigenvalue weighted by molar-refractivity contribution is 14.1. The molecule has 24 heavy (non-hydrogen) atoms. The molecule has 0 saturated carbocycles. The molecule has 2 atom stereocenters. The van der Waals surface area contributed by atoms with E-state index in [1.807, 2.05) is 31.2 Å². The van der Waals surface area contributed by atoms with Crippen LogP contribution in [-0.2, 0) is 6.54 Å². The molecular weight excluding hydrogens is 470 g/mol. The lowest BCUT2D eigenvalue weighted by Gasteiger charge is -2.24. The van der Waals surface area contributed by atoms with Gasteiger partial charge in [-0.25, -0.2) is 8.78 Å². The third-order valence-corrected chi connectivity index (χ3v) is 4.13. The summed E-state index contributed by atoms with van der Waals surface area (Å²) in [4.78, 5) is 0. The maximum Gasteiger partial charge on any atom is 0.126 e. The Morgan fingerprint density at radius 1 is 1.08 bits per heavy atom. The van der Waals surface area contributed by atoms with Gasteiger partial charge in [-0.1, -0.05) is 19.1 Å². The van der Waals surface area contributed by atoms with Crippen molar-refractivity contribution in [1.82, 2.24) is 5.32 Å². The molecule has 0 radical (unpaired) electrons. The smallest absolute Gasteiger partial charge is 0.126 e. The van der Waals surface area contributed by atoms with Gasteiger partial charge >= 0.3 is 0 Å². The van der Waals surface area contributed by atoms with Crippen LogP contribution in [0.4, 0.5) is 8.78 Å². The second-order valence-electron chi connectivity index (χ2n) is 5.17. The molecule has 134 valence electrons. The van der Waals surface area contributed by atoms with Crippen LogP contribution in [0, 0.1) is 15.2 Å². The highest BCUT2D eigenvalue weighted by atomic mass is 127. The lowest BCUT2D eigenvalue weighted by molar-refractivity contribution is 0.122. The molecule has 2 rings (SSSR count). The lowest BCUT2D eigenvalue weighted by Crippen LogP contribution is -2.31. The van der Waals surface area contributed by atoms with Gasteiger partial charge in [-0.2, -0.15) is 0 Å². The zero-order chi connectivity index (χ0) is 16.1. The second-order valence-corrected chi connectivity index (χ2v) is 6.41. The van der Waals surface area contributed by atoms with Gasteiger partial charge in [0.25, 0.3) is 0 Å². The van der Waals surface area contributed by atoms with Crippen molar-refractivity contribution in [2.24, 2.45) is 0 Å². The van der Waals surface area contributed by atoms with Gasteiger partial charge in [0.1, 0.15) is 11.6 Å². The molecular formula is C17H20Cl2F2INO. The Kier molecular flexibility index (Phi) is 11.0. The van der Waals surface area contributed by atoms with Crippen LogP contribution in [0.25, 0.3) is 0 Å². The maximum absolute atomic E-state index is 13.4. The number of aliphatic hydroxyl groups is 1. The molecule has 0 fully saturated rings. The van der Waals surface area contributed by atoms with E-state index in [2.05, 4.69) is 27.9 Å². The third kappa shape index (κ3) is 6.80. The zero-order valence-electron chi connectivity index (χ0n) is 13.0. The highest BCUT2D eigenvalue weighted by Crippen LogP contribution is 2.22. The second kappa shape index (κ2) is 11.2. The quantitative estimate of drug-likeness (QED) is 0.559. The minimum Gasteiger partial charge on any atom is -0.391 e. The van der Waals surface area contributed by atoms with E-state index in [1.165, 1.54) is 12.1 Å². The van der Waals surface area contributed by atoms with Crippen molar-refractivity contribution in [2.45, 2.75) is 32.0 Å². The molecule has 0 saturated heterocycles. The van der Waals surface area contributed by atoms with E-state index in [9.17, 15) is 13.9 Å². The average Bonchev–Trinajstić information content (AvgIpc) is 2.46. The highest BCUT2D eigenvalue weighted by Gasteiger charge is 2.20. The molecule has 2 unspecified atom stereocenters. The summed E-state index contributed by atoms with van der Waals surface area (Å²) in [6, 6.07) is 10.8. The number of hydrogen-bond donors (Lipinski definition) is 2. The van der Waals surface area contributed by atoms with E-state index in [0.29, 0.717) is 18.5 Å². The Morgan fingerprint density at radius 2 is 1.71 bits per heavy atom. The summed E-state index contributed by atoms with van der Waals surface area (Å²) in [7, 11) is 0. The summed E-state index contributed by atoms with van der Waals surface area (Å²) in [5, 5.41) is 13.4. The molecule has 2 N–H and O–H groups in total. The standard InChI is InChI=1S/C17H18F2INO.2ClH/c1-2-16(22)17(12-7-13(18)9-14(19)8-12)21-10-11-4-3-5-15(20)6-11;;/h3-9,16-17,21-22H,2,10H2,1H3;2*1H. The molecule has 0 heterocycles. The first-order valence-corrected chi connectivity index (χ1v) is 8.19. The zero-order valence-corrected chi connectivity index (χ0v) is 16.8. The van der Waals surface area contributed by atoms with Crippen LogP contribution < -0.4 is 5.32 Å². The minimum absolute atomic E-state index is 0. The van der Waals surface area contributed by atoms with E-state index in [0.717, 1.165) is 15.2 Å². The van der Waals surface area contributed by atoms with Crippen LogP contribution in [0.2, 0.25) is 0 Å². The first-order chi connectivity index (χ1) is 10.5. The molecule has 0 amide bonds. The van der Waals surface area contributed by atoms with Gasteiger partial charge in [-0.3, -0.25) is 0 Å². The van der Waals surface area contributed by atoms with Gasteiger partial charge in [0.05, 0.1) is 12.1 Å². The Hall–Kier alpha value is -0.470. The fourth-order valence-electron chi connectivity index (χ4n) is 2.34. The van der Waals surface area contributed by atoms with Gasteiger partial charge in [0.2, 0.25) is 0 Å². The number of benzene rings is 2. The third-order valence-electron chi connectivity index (χ3n) is 3.46. The number of halogens is 5. The first kappa shape index (κ1) is 23.5. The van der Waals surface area contributed by atoms with Crippen LogP contribution in [0.3, 0.4) is 0 Å². The van der Waals surface area contributed by atoms with Crippen molar-refractivity contribution in [3.05, 3.63) is 68.8 Å². The van der Waals surface area contributed by atoms with Crippen molar-refractivity contribution in [3.8, 4) is 0 Å². The van der Waals surface area contributed by atoms with Crippen LogP contribution in [0.5, 0.6) is 0 Å². The molecule has 2 aromatic carbocycles. The summed E-state index contributed by atoms with van der Waals surface area (Å²) in [5.74, 6) is -1.28. The summed E-state index contributed by atoms with van der Waals surface area (Å²) in [6.07, 6.45) is -0.230. The molecule has 2 nitrogen and oxygen atoms in total. The van der Waals surface area contributed by atoms with Crippen LogP contribution in [0.15, 0.2) is 42.5 Å². The van der Waals surface area contributed by atoms with Crippen LogP contribution in [0.1, 0.15) is 30.5 Å². The van der Waals surface area contributed by atoms with Crippen molar-refractivity contribution >= 4 is 47.4 Å². The predicted octanol–water partition coefficient (Wildman–Crippen LogP) is 5.01. The van der Waals surface area contributed by atoms with E-state index in [-0.39, 0.29) is 24.8 Å². The Balaban J connectivity index is 0.00000264. The van der Waals surface area contributed by atoms with Gasteiger partial charge in [-0.05, 0) is 64.4 Å². The molecule has 0 aliphatic carbocycles. The van der Waals surface area contributed by atoms with Crippen molar-refractivity contribution in [3.63, 3.8) is 0 Å².